The molecular formula is C20H23ClN2O. The van der Waals surface area contributed by atoms with Gasteiger partial charge in [-0.15, -0.1) is 0 Å². The predicted molar refractivity (Wildman–Crippen MR) is 100 cm³/mol. The first-order valence-corrected chi connectivity index (χ1v) is 8.78. The third-order valence-electron chi connectivity index (χ3n) is 4.86. The Morgan fingerprint density at radius 1 is 1.00 bits per heavy atom. The first kappa shape index (κ1) is 17.0. The highest BCUT2D eigenvalue weighted by atomic mass is 35.5. The molecule has 1 heterocycles. The van der Waals surface area contributed by atoms with Crippen LogP contribution in [0, 0.1) is 0 Å². The molecule has 126 valence electrons. The van der Waals surface area contributed by atoms with Crippen LogP contribution in [0.1, 0.15) is 35.8 Å². The van der Waals surface area contributed by atoms with Gasteiger partial charge in [0.1, 0.15) is 0 Å². The maximum absolute atomic E-state index is 11.4. The van der Waals surface area contributed by atoms with Crippen LogP contribution in [-0.2, 0) is 0 Å². The van der Waals surface area contributed by atoms with Gasteiger partial charge in [-0.3, -0.25) is 9.69 Å². The number of nitrogens with zero attached hydrogens (tertiary/aromatic N) is 2. The van der Waals surface area contributed by atoms with E-state index in [1.165, 1.54) is 11.3 Å². The van der Waals surface area contributed by atoms with Crippen LogP contribution in [0.15, 0.2) is 48.5 Å². The fourth-order valence-electron chi connectivity index (χ4n) is 3.28. The normalized spacial score (nSPS) is 16.9. The molecule has 0 radical (unpaired) electrons. The van der Waals surface area contributed by atoms with Gasteiger partial charge in [0, 0.05) is 48.5 Å². The number of hydrogen-bond acceptors (Lipinski definition) is 3. The molecule has 1 aliphatic heterocycles. The minimum Gasteiger partial charge on any atom is -0.369 e. The Morgan fingerprint density at radius 3 is 2.21 bits per heavy atom. The summed E-state index contributed by atoms with van der Waals surface area (Å²) in [4.78, 5) is 16.2. The summed E-state index contributed by atoms with van der Waals surface area (Å²) in [5.74, 6) is 0.111. The Labute approximate surface area is 148 Å². The lowest BCUT2D eigenvalue weighted by Gasteiger charge is -2.39. The molecule has 0 spiro atoms. The second kappa shape index (κ2) is 7.37. The number of anilines is 1. The van der Waals surface area contributed by atoms with Crippen LogP contribution in [0.3, 0.4) is 0 Å². The largest absolute Gasteiger partial charge is 0.369 e. The van der Waals surface area contributed by atoms with Gasteiger partial charge in [-0.05, 0) is 49.7 Å². The summed E-state index contributed by atoms with van der Waals surface area (Å²) in [6.45, 7) is 7.78. The van der Waals surface area contributed by atoms with Gasteiger partial charge in [0.15, 0.2) is 5.78 Å². The van der Waals surface area contributed by atoms with Gasteiger partial charge < -0.3 is 4.90 Å². The molecule has 0 N–H and O–H groups in total. The fourth-order valence-corrected chi connectivity index (χ4v) is 3.58. The second-order valence-corrected chi connectivity index (χ2v) is 6.73. The van der Waals surface area contributed by atoms with E-state index < -0.39 is 0 Å². The number of Topliss-reactive ketones (excluding diaryl/α,β-unsaturated/α-hetero) is 1. The minimum absolute atomic E-state index is 0.111. The molecule has 3 rings (SSSR count). The number of ketones is 1. The third kappa shape index (κ3) is 3.63. The zero-order valence-corrected chi connectivity index (χ0v) is 15.0. The Kier molecular flexibility index (Phi) is 5.22. The van der Waals surface area contributed by atoms with Crippen LogP contribution in [0.4, 0.5) is 5.69 Å². The number of piperazine rings is 1. The van der Waals surface area contributed by atoms with Crippen molar-refractivity contribution in [3.8, 4) is 0 Å². The highest BCUT2D eigenvalue weighted by Crippen LogP contribution is 2.28. The van der Waals surface area contributed by atoms with Crippen LogP contribution in [-0.4, -0.2) is 36.9 Å². The molecule has 0 amide bonds. The molecule has 1 fully saturated rings. The van der Waals surface area contributed by atoms with Crippen molar-refractivity contribution in [2.75, 3.05) is 31.1 Å². The van der Waals surface area contributed by atoms with Crippen molar-refractivity contribution in [2.24, 2.45) is 0 Å². The van der Waals surface area contributed by atoms with Crippen molar-refractivity contribution >= 4 is 23.1 Å². The van der Waals surface area contributed by atoms with Crippen molar-refractivity contribution in [3.63, 3.8) is 0 Å². The van der Waals surface area contributed by atoms with Crippen molar-refractivity contribution < 1.29 is 4.79 Å². The topological polar surface area (TPSA) is 23.6 Å². The second-order valence-electron chi connectivity index (χ2n) is 6.32. The van der Waals surface area contributed by atoms with Crippen molar-refractivity contribution in [2.45, 2.75) is 19.9 Å². The highest BCUT2D eigenvalue weighted by molar-refractivity contribution is 6.31. The summed E-state index contributed by atoms with van der Waals surface area (Å²) in [6.07, 6.45) is 0. The standard InChI is InChI=1S/C20H23ClN2O/c1-15(19-5-3-4-6-20(19)21)22-11-13-23(14-12-22)18-9-7-17(8-10-18)16(2)24/h3-10,15H,11-14H2,1-2H3/t15-/m0/s1. The summed E-state index contributed by atoms with van der Waals surface area (Å²) in [7, 11) is 0. The molecule has 0 unspecified atom stereocenters. The Bertz CT molecular complexity index is 706. The van der Waals surface area contributed by atoms with Gasteiger partial charge in [0.25, 0.3) is 0 Å². The number of carbonyl (C=O) groups excluding carboxylic acids is 1. The Hall–Kier alpha value is -1.84. The fraction of sp³-hybridized carbons (Fsp3) is 0.350. The molecule has 1 atom stereocenters. The molecule has 2 aromatic carbocycles. The van der Waals surface area contributed by atoms with E-state index in [1.54, 1.807) is 6.92 Å². The maximum Gasteiger partial charge on any atom is 0.159 e. The van der Waals surface area contributed by atoms with Crippen LogP contribution in [0.25, 0.3) is 0 Å². The van der Waals surface area contributed by atoms with Gasteiger partial charge >= 0.3 is 0 Å². The number of rotatable bonds is 4. The molecule has 0 aromatic heterocycles. The number of halogens is 1. The van der Waals surface area contributed by atoms with E-state index >= 15 is 0 Å². The number of carbonyl (C=O) groups is 1. The average Bonchev–Trinajstić information content (AvgIpc) is 2.62. The smallest absolute Gasteiger partial charge is 0.159 e. The molecular weight excluding hydrogens is 320 g/mol. The van der Waals surface area contributed by atoms with Crippen molar-refractivity contribution in [3.05, 3.63) is 64.7 Å². The van der Waals surface area contributed by atoms with Crippen molar-refractivity contribution in [1.82, 2.24) is 4.90 Å². The van der Waals surface area contributed by atoms with Crippen LogP contribution < -0.4 is 4.90 Å². The quantitative estimate of drug-likeness (QED) is 0.768. The van der Waals surface area contributed by atoms with Gasteiger partial charge in [0.05, 0.1) is 0 Å². The molecule has 24 heavy (non-hydrogen) atoms. The van der Waals surface area contributed by atoms with Gasteiger partial charge in [-0.1, -0.05) is 29.8 Å². The van der Waals surface area contributed by atoms with Crippen molar-refractivity contribution in [1.29, 1.82) is 0 Å². The molecule has 0 saturated carbocycles. The van der Waals surface area contributed by atoms with E-state index in [2.05, 4.69) is 22.8 Å². The first-order valence-electron chi connectivity index (χ1n) is 8.40. The third-order valence-corrected chi connectivity index (χ3v) is 5.20. The van der Waals surface area contributed by atoms with Gasteiger partial charge in [0.2, 0.25) is 0 Å². The van der Waals surface area contributed by atoms with Crippen LogP contribution in [0.2, 0.25) is 5.02 Å². The van der Waals surface area contributed by atoms with Gasteiger partial charge in [-0.25, -0.2) is 0 Å². The Balaban J connectivity index is 1.63. The van der Waals surface area contributed by atoms with Crippen LogP contribution >= 0.6 is 11.6 Å². The monoisotopic (exact) mass is 342 g/mol. The number of benzene rings is 2. The summed E-state index contributed by atoms with van der Waals surface area (Å²) in [6, 6.07) is 16.3. The Morgan fingerprint density at radius 2 is 1.62 bits per heavy atom. The van der Waals surface area contributed by atoms with E-state index in [9.17, 15) is 4.79 Å². The van der Waals surface area contributed by atoms with E-state index in [4.69, 9.17) is 11.6 Å². The lowest BCUT2D eigenvalue weighted by Crippen LogP contribution is -2.47. The SMILES string of the molecule is CC(=O)c1ccc(N2CCN([C@@H](C)c3ccccc3Cl)CC2)cc1. The summed E-state index contributed by atoms with van der Waals surface area (Å²) < 4.78 is 0. The lowest BCUT2D eigenvalue weighted by atomic mass is 10.1. The molecule has 2 aromatic rings. The number of hydrogen-bond donors (Lipinski definition) is 0. The van der Waals surface area contributed by atoms with Crippen LogP contribution in [0.5, 0.6) is 0 Å². The van der Waals surface area contributed by atoms with E-state index in [0.29, 0.717) is 6.04 Å². The first-order chi connectivity index (χ1) is 11.6. The predicted octanol–water partition coefficient (Wildman–Crippen LogP) is 4.43. The molecule has 3 nitrogen and oxygen atoms in total. The summed E-state index contributed by atoms with van der Waals surface area (Å²) >= 11 is 6.34. The van der Waals surface area contributed by atoms with Gasteiger partial charge in [-0.2, -0.15) is 0 Å². The highest BCUT2D eigenvalue weighted by Gasteiger charge is 2.23. The molecule has 1 saturated heterocycles. The molecule has 4 heteroatoms. The summed E-state index contributed by atoms with van der Waals surface area (Å²) in [5.41, 5.74) is 3.15. The lowest BCUT2D eigenvalue weighted by molar-refractivity contribution is 0.101. The zero-order chi connectivity index (χ0) is 17.1. The molecule has 0 bridgehead atoms. The maximum atomic E-state index is 11.4. The molecule has 0 aliphatic carbocycles. The minimum atomic E-state index is 0.111. The van der Waals surface area contributed by atoms with E-state index in [0.717, 1.165) is 36.8 Å². The summed E-state index contributed by atoms with van der Waals surface area (Å²) in [5, 5.41) is 0.840. The van der Waals surface area contributed by atoms with E-state index in [1.807, 2.05) is 42.5 Å². The zero-order valence-electron chi connectivity index (χ0n) is 14.2. The van der Waals surface area contributed by atoms with E-state index in [-0.39, 0.29) is 5.78 Å². The average molecular weight is 343 g/mol. The molecule has 1 aliphatic rings.